The number of benzene rings is 2. The Morgan fingerprint density at radius 1 is 1.12 bits per heavy atom. The number of rotatable bonds is 9. The first-order valence-corrected chi connectivity index (χ1v) is 10.5. The lowest BCUT2D eigenvalue weighted by Gasteiger charge is -2.11. The highest BCUT2D eigenvalue weighted by Gasteiger charge is 2.09. The van der Waals surface area contributed by atoms with Gasteiger partial charge >= 0.3 is 6.09 Å². The Labute approximate surface area is 192 Å². The quantitative estimate of drug-likeness (QED) is 0.406. The molecule has 2 aromatic carbocycles. The molecule has 0 spiro atoms. The van der Waals surface area contributed by atoms with E-state index in [1.807, 2.05) is 55.5 Å². The fourth-order valence-electron chi connectivity index (χ4n) is 3.04. The van der Waals surface area contributed by atoms with Gasteiger partial charge in [0.25, 0.3) is 0 Å². The number of amides is 1. The van der Waals surface area contributed by atoms with Crippen LogP contribution >= 0.6 is 11.6 Å². The fourth-order valence-corrected chi connectivity index (χ4v) is 3.22. The van der Waals surface area contributed by atoms with Crippen LogP contribution in [0.3, 0.4) is 0 Å². The lowest BCUT2D eigenvalue weighted by atomic mass is 10.1. The number of nitrogens with two attached hydrogens (primary N) is 1. The number of nitrogen functional groups attached to an aromatic ring is 1. The van der Waals surface area contributed by atoms with Crippen molar-refractivity contribution >= 4 is 35.1 Å². The summed E-state index contributed by atoms with van der Waals surface area (Å²) in [5.41, 5.74) is 10.2. The monoisotopic (exact) mass is 455 g/mol. The summed E-state index contributed by atoms with van der Waals surface area (Å²) in [6.07, 6.45) is 0.247. The van der Waals surface area contributed by atoms with Gasteiger partial charge in [0.05, 0.1) is 12.3 Å². The molecular formula is C23H26ClN5O3. The van der Waals surface area contributed by atoms with Crippen molar-refractivity contribution in [3.8, 4) is 11.3 Å². The molecule has 1 amide bonds. The predicted molar refractivity (Wildman–Crippen MR) is 127 cm³/mol. The Hall–Kier alpha value is -3.36. The molecular weight excluding hydrogens is 430 g/mol. The molecule has 0 saturated carbocycles. The number of hydrogen-bond acceptors (Lipinski definition) is 7. The molecule has 168 valence electrons. The zero-order valence-electron chi connectivity index (χ0n) is 18.0. The molecule has 32 heavy (non-hydrogen) atoms. The van der Waals surface area contributed by atoms with Crippen LogP contribution < -0.4 is 16.4 Å². The number of ether oxygens (including phenoxy) is 2. The van der Waals surface area contributed by atoms with Crippen LogP contribution in [-0.4, -0.2) is 42.9 Å². The molecule has 0 bridgehead atoms. The van der Waals surface area contributed by atoms with Gasteiger partial charge in [-0.2, -0.15) is 4.98 Å². The fraction of sp³-hybridized carbons (Fsp3) is 0.261. The Bertz CT molecular complexity index is 1060. The van der Waals surface area contributed by atoms with Gasteiger partial charge in [-0.3, -0.25) is 5.32 Å². The van der Waals surface area contributed by atoms with Gasteiger partial charge < -0.3 is 20.5 Å². The standard InChI is InChI=1S/C23H26ClN5O3/c1-15-18(4-3-5-19(15)24)20-14-21(29-22(25)28-20)26-11-10-16-6-8-17(9-7-16)27-23(30)32-13-12-31-2/h3-9,14H,10-13H2,1-2H3,(H,27,30)(H3,25,26,28,29). The SMILES string of the molecule is COCCOC(=O)Nc1ccc(CCNc2cc(-c3cccc(Cl)c3C)nc(N)n2)cc1. The minimum absolute atomic E-state index is 0.192. The van der Waals surface area contributed by atoms with Crippen molar-refractivity contribution in [1.82, 2.24) is 9.97 Å². The Balaban J connectivity index is 1.56. The number of methoxy groups -OCH3 is 1. The van der Waals surface area contributed by atoms with Gasteiger partial charge in [0, 0.05) is 36.0 Å². The molecule has 3 rings (SSSR count). The van der Waals surface area contributed by atoms with Crippen LogP contribution in [0.25, 0.3) is 11.3 Å². The molecule has 0 fully saturated rings. The van der Waals surface area contributed by atoms with Gasteiger partial charge in [-0.15, -0.1) is 0 Å². The highest BCUT2D eigenvalue weighted by atomic mass is 35.5. The van der Waals surface area contributed by atoms with E-state index in [-0.39, 0.29) is 12.6 Å². The van der Waals surface area contributed by atoms with E-state index < -0.39 is 6.09 Å². The molecule has 0 aliphatic heterocycles. The van der Waals surface area contributed by atoms with Gasteiger partial charge in [-0.1, -0.05) is 35.9 Å². The van der Waals surface area contributed by atoms with E-state index in [4.69, 9.17) is 26.8 Å². The van der Waals surface area contributed by atoms with Gasteiger partial charge in [-0.25, -0.2) is 9.78 Å². The number of carbonyl (C=O) groups is 1. The van der Waals surface area contributed by atoms with E-state index in [2.05, 4.69) is 20.6 Å². The Kier molecular flexibility index (Phi) is 8.24. The molecule has 8 nitrogen and oxygen atoms in total. The minimum Gasteiger partial charge on any atom is -0.447 e. The van der Waals surface area contributed by atoms with E-state index in [9.17, 15) is 4.79 Å². The third-order valence-electron chi connectivity index (χ3n) is 4.73. The van der Waals surface area contributed by atoms with Gasteiger partial charge in [0.1, 0.15) is 12.4 Å². The number of hydrogen-bond donors (Lipinski definition) is 3. The number of anilines is 3. The maximum Gasteiger partial charge on any atom is 0.411 e. The summed E-state index contributed by atoms with van der Waals surface area (Å²) in [6, 6.07) is 15.1. The van der Waals surface area contributed by atoms with Crippen LogP contribution in [-0.2, 0) is 15.9 Å². The van der Waals surface area contributed by atoms with Gasteiger partial charge in [0.15, 0.2) is 0 Å². The van der Waals surface area contributed by atoms with Crippen molar-refractivity contribution in [3.63, 3.8) is 0 Å². The summed E-state index contributed by atoms with van der Waals surface area (Å²) in [6.45, 7) is 3.16. The summed E-state index contributed by atoms with van der Waals surface area (Å²) < 4.78 is 9.82. The van der Waals surface area contributed by atoms with Crippen molar-refractivity contribution in [3.05, 3.63) is 64.7 Å². The van der Waals surface area contributed by atoms with Crippen LogP contribution in [0.4, 0.5) is 22.2 Å². The minimum atomic E-state index is -0.511. The number of halogens is 1. The van der Waals surface area contributed by atoms with Crippen LogP contribution in [0.15, 0.2) is 48.5 Å². The second-order valence-corrected chi connectivity index (χ2v) is 7.44. The highest BCUT2D eigenvalue weighted by molar-refractivity contribution is 6.31. The van der Waals surface area contributed by atoms with Gasteiger partial charge in [-0.05, 0) is 42.7 Å². The van der Waals surface area contributed by atoms with Crippen molar-refractivity contribution in [2.24, 2.45) is 0 Å². The summed E-state index contributed by atoms with van der Waals surface area (Å²) >= 11 is 6.24. The molecule has 9 heteroatoms. The van der Waals surface area contributed by atoms with E-state index in [1.165, 1.54) is 0 Å². The first-order valence-electron chi connectivity index (χ1n) is 10.1. The first kappa shape index (κ1) is 23.3. The molecule has 1 heterocycles. The van der Waals surface area contributed by atoms with Crippen molar-refractivity contribution < 1.29 is 14.3 Å². The van der Waals surface area contributed by atoms with E-state index >= 15 is 0 Å². The smallest absolute Gasteiger partial charge is 0.411 e. The highest BCUT2D eigenvalue weighted by Crippen LogP contribution is 2.28. The average molecular weight is 456 g/mol. The van der Waals surface area contributed by atoms with E-state index in [1.54, 1.807) is 7.11 Å². The molecule has 0 aliphatic carbocycles. The van der Waals surface area contributed by atoms with Crippen molar-refractivity contribution in [1.29, 1.82) is 0 Å². The second-order valence-electron chi connectivity index (χ2n) is 7.04. The maximum absolute atomic E-state index is 11.7. The molecule has 4 N–H and O–H groups in total. The number of carbonyl (C=O) groups excluding carboxylic acids is 1. The normalized spacial score (nSPS) is 10.6. The van der Waals surface area contributed by atoms with Crippen LogP contribution in [0.1, 0.15) is 11.1 Å². The average Bonchev–Trinajstić information content (AvgIpc) is 2.77. The molecule has 0 saturated heterocycles. The molecule has 0 unspecified atom stereocenters. The van der Waals surface area contributed by atoms with E-state index in [0.29, 0.717) is 35.4 Å². The Morgan fingerprint density at radius 2 is 1.91 bits per heavy atom. The van der Waals surface area contributed by atoms with Crippen LogP contribution in [0.5, 0.6) is 0 Å². The molecule has 0 radical (unpaired) electrons. The zero-order chi connectivity index (χ0) is 22.9. The molecule has 1 aromatic heterocycles. The lowest BCUT2D eigenvalue weighted by Crippen LogP contribution is -2.16. The van der Waals surface area contributed by atoms with Crippen LogP contribution in [0.2, 0.25) is 5.02 Å². The third kappa shape index (κ3) is 6.57. The third-order valence-corrected chi connectivity index (χ3v) is 5.14. The molecule has 3 aromatic rings. The summed E-state index contributed by atoms with van der Waals surface area (Å²) in [7, 11) is 1.55. The summed E-state index contributed by atoms with van der Waals surface area (Å²) in [5, 5.41) is 6.64. The lowest BCUT2D eigenvalue weighted by molar-refractivity contribution is 0.107. The second kappa shape index (κ2) is 11.3. The summed E-state index contributed by atoms with van der Waals surface area (Å²) in [5.74, 6) is 0.834. The molecule has 0 atom stereocenters. The maximum atomic E-state index is 11.7. The predicted octanol–water partition coefficient (Wildman–Crippen LogP) is 4.54. The largest absolute Gasteiger partial charge is 0.447 e. The van der Waals surface area contributed by atoms with Crippen LogP contribution in [0, 0.1) is 6.92 Å². The first-order chi connectivity index (χ1) is 15.5. The van der Waals surface area contributed by atoms with Crippen molar-refractivity contribution in [2.75, 3.05) is 43.2 Å². The number of nitrogens with one attached hydrogen (secondary N) is 2. The topological polar surface area (TPSA) is 111 Å². The van der Waals surface area contributed by atoms with Crippen molar-refractivity contribution in [2.45, 2.75) is 13.3 Å². The van der Waals surface area contributed by atoms with Gasteiger partial charge in [0.2, 0.25) is 5.95 Å². The Morgan fingerprint density at radius 3 is 2.66 bits per heavy atom. The number of aromatic nitrogens is 2. The number of nitrogens with zero attached hydrogens (tertiary/aromatic N) is 2. The summed E-state index contributed by atoms with van der Waals surface area (Å²) in [4.78, 5) is 20.3. The molecule has 0 aliphatic rings. The van der Waals surface area contributed by atoms with E-state index in [0.717, 1.165) is 23.1 Å². The zero-order valence-corrected chi connectivity index (χ0v) is 18.8.